The third-order valence-electron chi connectivity index (χ3n) is 1.97. The standard InChI is InChI=1S/C10H9N3O3.CH5N.HNO3/c11-13-12-10(14)4-2-7-1-3-8-9(5-7)16-6-15-8;1-2;2-1(3)4/h1-5H,6H2,(H2,11,12,14);2H2,1H3;(H,2,3,4)/b4-2+;;. The molecule has 5 N–H and O–H groups in total. The highest BCUT2D eigenvalue weighted by atomic mass is 16.9. The van der Waals surface area contributed by atoms with E-state index in [0.29, 0.717) is 11.5 Å². The van der Waals surface area contributed by atoms with E-state index in [1.165, 1.54) is 13.1 Å². The van der Waals surface area contributed by atoms with Gasteiger partial charge < -0.3 is 26.3 Å². The number of ether oxygens (including phenoxy) is 2. The lowest BCUT2D eigenvalue weighted by molar-refractivity contribution is -0.742. The molecule has 0 unspecified atom stereocenters. The number of rotatable bonds is 2. The molecule has 0 atom stereocenters. The van der Waals surface area contributed by atoms with E-state index in [4.69, 9.17) is 30.6 Å². The Bertz CT molecular complexity index is 556. The third-order valence-corrected chi connectivity index (χ3v) is 1.97. The van der Waals surface area contributed by atoms with Gasteiger partial charge in [0.2, 0.25) is 6.79 Å². The van der Waals surface area contributed by atoms with Gasteiger partial charge in [-0.05, 0) is 30.8 Å². The predicted molar refractivity (Wildman–Crippen MR) is 74.5 cm³/mol. The molecule has 1 aromatic carbocycles. The van der Waals surface area contributed by atoms with E-state index in [1.807, 2.05) is 0 Å². The van der Waals surface area contributed by atoms with Crippen LogP contribution in [0.1, 0.15) is 5.56 Å². The lowest BCUT2D eigenvalue weighted by Gasteiger charge is -1.96. The maximum absolute atomic E-state index is 11.0. The number of hydrogen-bond acceptors (Lipinski definition) is 7. The summed E-state index contributed by atoms with van der Waals surface area (Å²) in [6, 6.07) is 5.35. The van der Waals surface area contributed by atoms with Crippen molar-refractivity contribution in [2.75, 3.05) is 13.8 Å². The smallest absolute Gasteiger partial charge is 0.291 e. The van der Waals surface area contributed by atoms with Crippen molar-refractivity contribution in [3.63, 3.8) is 0 Å². The molecule has 11 nitrogen and oxygen atoms in total. The maximum Gasteiger partial charge on any atom is 0.291 e. The lowest BCUT2D eigenvalue weighted by Crippen LogP contribution is -1.92. The second-order valence-corrected chi connectivity index (χ2v) is 3.24. The van der Waals surface area contributed by atoms with Crippen molar-refractivity contribution in [3.8, 4) is 11.5 Å². The van der Waals surface area contributed by atoms with Crippen LogP contribution in [0.15, 0.2) is 34.6 Å². The molecule has 22 heavy (non-hydrogen) atoms. The van der Waals surface area contributed by atoms with Gasteiger partial charge in [-0.15, -0.1) is 10.1 Å². The Morgan fingerprint density at radius 1 is 1.41 bits per heavy atom. The molecule has 0 bridgehead atoms. The van der Waals surface area contributed by atoms with Gasteiger partial charge in [-0.25, -0.2) is 0 Å². The Balaban J connectivity index is 0.000000640. The summed E-state index contributed by atoms with van der Waals surface area (Å²) in [5.41, 5.74) is 5.31. The van der Waals surface area contributed by atoms with Crippen LogP contribution in [0, 0.1) is 10.1 Å². The second-order valence-electron chi connectivity index (χ2n) is 3.24. The highest BCUT2D eigenvalue weighted by molar-refractivity contribution is 5.92. The number of fused-ring (bicyclic) bond motifs is 1. The molecule has 1 heterocycles. The average molecular weight is 313 g/mol. The molecule has 0 aliphatic carbocycles. The SMILES string of the molecule is CN.NN=NC(=O)/C=C/c1ccc2c(c1)OCO2.O=[N+]([O-])O. The Morgan fingerprint density at radius 2 is 2.00 bits per heavy atom. The molecule has 1 aromatic rings. The first-order valence-electron chi connectivity index (χ1n) is 5.66. The number of hydrogen-bond donors (Lipinski definition) is 3. The zero-order valence-electron chi connectivity index (χ0n) is 11.6. The summed E-state index contributed by atoms with van der Waals surface area (Å²) >= 11 is 0. The molecule has 2 rings (SSSR count). The largest absolute Gasteiger partial charge is 0.454 e. The number of nitrogens with zero attached hydrogens (tertiary/aromatic N) is 3. The van der Waals surface area contributed by atoms with Crippen molar-refractivity contribution in [1.82, 2.24) is 0 Å². The van der Waals surface area contributed by atoms with Crippen LogP contribution >= 0.6 is 0 Å². The number of amides is 1. The van der Waals surface area contributed by atoms with E-state index in [1.54, 1.807) is 24.3 Å². The summed E-state index contributed by atoms with van der Waals surface area (Å²) in [4.78, 5) is 19.3. The van der Waals surface area contributed by atoms with Crippen molar-refractivity contribution in [3.05, 3.63) is 40.0 Å². The number of nitrogens with two attached hydrogens (primary N) is 2. The predicted octanol–water partition coefficient (Wildman–Crippen LogP) is 0.508. The van der Waals surface area contributed by atoms with Crippen LogP contribution in [0.3, 0.4) is 0 Å². The molecule has 0 saturated heterocycles. The molecule has 0 spiro atoms. The van der Waals surface area contributed by atoms with Crippen molar-refractivity contribution >= 4 is 12.0 Å². The van der Waals surface area contributed by atoms with E-state index in [0.717, 1.165) is 5.56 Å². The van der Waals surface area contributed by atoms with E-state index in [2.05, 4.69) is 16.1 Å². The summed E-state index contributed by atoms with van der Waals surface area (Å²) in [6.45, 7) is 0.225. The molecule has 0 saturated carbocycles. The van der Waals surface area contributed by atoms with E-state index >= 15 is 0 Å². The molecule has 11 heteroatoms. The second kappa shape index (κ2) is 10.6. The molecule has 0 aromatic heterocycles. The van der Waals surface area contributed by atoms with Crippen molar-refractivity contribution in [2.45, 2.75) is 0 Å². The van der Waals surface area contributed by atoms with Gasteiger partial charge in [0.1, 0.15) is 0 Å². The van der Waals surface area contributed by atoms with Gasteiger partial charge in [-0.3, -0.25) is 4.79 Å². The monoisotopic (exact) mass is 313 g/mol. The summed E-state index contributed by atoms with van der Waals surface area (Å²) in [7, 11) is 1.50. The Labute approximate surface area is 124 Å². The molecule has 0 radical (unpaired) electrons. The first-order valence-corrected chi connectivity index (χ1v) is 5.66. The number of carbonyl (C=O) groups excluding carboxylic acids is 1. The van der Waals surface area contributed by atoms with Gasteiger partial charge in [-0.1, -0.05) is 16.4 Å². The first kappa shape index (κ1) is 18.8. The van der Waals surface area contributed by atoms with Gasteiger partial charge in [0.25, 0.3) is 11.0 Å². The number of benzene rings is 1. The zero-order valence-corrected chi connectivity index (χ0v) is 11.6. The summed E-state index contributed by atoms with van der Waals surface area (Å²) < 4.78 is 10.3. The Morgan fingerprint density at radius 3 is 2.59 bits per heavy atom. The molecule has 1 aliphatic heterocycles. The van der Waals surface area contributed by atoms with Crippen molar-refractivity contribution < 1.29 is 24.6 Å². The minimum atomic E-state index is -1.50. The van der Waals surface area contributed by atoms with Gasteiger partial charge in [0, 0.05) is 6.08 Å². The summed E-state index contributed by atoms with van der Waals surface area (Å²) in [6.07, 6.45) is 2.87. The first-order chi connectivity index (χ1) is 10.5. The quantitative estimate of drug-likeness (QED) is 0.232. The van der Waals surface area contributed by atoms with Gasteiger partial charge in [0.15, 0.2) is 11.5 Å². The summed E-state index contributed by atoms with van der Waals surface area (Å²) in [5, 5.41) is 19.7. The van der Waals surface area contributed by atoms with Crippen molar-refractivity contribution in [1.29, 1.82) is 0 Å². The van der Waals surface area contributed by atoms with Crippen LogP contribution < -0.4 is 21.1 Å². The minimum absolute atomic E-state index is 0.225. The van der Waals surface area contributed by atoms with Crippen molar-refractivity contribution in [2.24, 2.45) is 21.9 Å². The Kier molecular flexibility index (Phi) is 9.02. The molecule has 1 aliphatic rings. The topological polar surface area (TPSA) is 176 Å². The fourth-order valence-corrected chi connectivity index (χ4v) is 1.27. The van der Waals surface area contributed by atoms with Crippen LogP contribution in [-0.4, -0.2) is 30.0 Å². The normalized spacial score (nSPS) is 11.4. The highest BCUT2D eigenvalue weighted by Gasteiger charge is 2.12. The van der Waals surface area contributed by atoms with Gasteiger partial charge in [-0.2, -0.15) is 0 Å². The average Bonchev–Trinajstić information content (AvgIpc) is 2.94. The van der Waals surface area contributed by atoms with Crippen LogP contribution in [-0.2, 0) is 4.79 Å². The van der Waals surface area contributed by atoms with Crippen LogP contribution in [0.25, 0.3) is 6.08 Å². The molecule has 120 valence electrons. The summed E-state index contributed by atoms with van der Waals surface area (Å²) in [5.74, 6) is 5.59. The Hall–Kier alpha value is -3.21. The minimum Gasteiger partial charge on any atom is -0.454 e. The lowest BCUT2D eigenvalue weighted by atomic mass is 10.2. The highest BCUT2D eigenvalue weighted by Crippen LogP contribution is 2.32. The third kappa shape index (κ3) is 7.40. The molecule has 1 amide bonds. The van der Waals surface area contributed by atoms with Gasteiger partial charge in [0.05, 0.1) is 0 Å². The van der Waals surface area contributed by atoms with E-state index < -0.39 is 11.0 Å². The maximum atomic E-state index is 11.0. The van der Waals surface area contributed by atoms with Crippen LogP contribution in [0.2, 0.25) is 0 Å². The zero-order chi connectivity index (χ0) is 17.0. The molecule has 0 fully saturated rings. The van der Waals surface area contributed by atoms with Crippen LogP contribution in [0.5, 0.6) is 11.5 Å². The van der Waals surface area contributed by atoms with Gasteiger partial charge >= 0.3 is 0 Å². The molecular weight excluding hydrogens is 298 g/mol. The fourth-order valence-electron chi connectivity index (χ4n) is 1.27. The van der Waals surface area contributed by atoms with Crippen LogP contribution in [0.4, 0.5) is 0 Å². The fraction of sp³-hybridized carbons (Fsp3) is 0.182. The van der Waals surface area contributed by atoms with E-state index in [-0.39, 0.29) is 6.79 Å². The number of carbonyl (C=O) groups is 1. The van der Waals surface area contributed by atoms with E-state index in [9.17, 15) is 4.79 Å². The molecular formula is C11H15N5O6.